The minimum Gasteiger partial charge on any atom is -0.409 e. The molecule has 0 amide bonds. The Labute approximate surface area is 113 Å². The molecule has 0 atom stereocenters. The van der Waals surface area contributed by atoms with Crippen molar-refractivity contribution in [3.8, 4) is 0 Å². The molecule has 0 saturated carbocycles. The second-order valence-electron chi connectivity index (χ2n) is 4.06. The van der Waals surface area contributed by atoms with Gasteiger partial charge in [-0.15, -0.1) is 0 Å². The molecule has 0 unspecified atom stereocenters. The number of aromatic nitrogens is 1. The summed E-state index contributed by atoms with van der Waals surface area (Å²) in [5.74, 6) is 0.0384. The molecule has 1 aromatic rings. The lowest BCUT2D eigenvalue weighted by molar-refractivity contribution is 0.113. The Hall–Kier alpha value is -1.66. The van der Waals surface area contributed by atoms with Gasteiger partial charge in [0.2, 0.25) is 0 Å². The van der Waals surface area contributed by atoms with E-state index >= 15 is 0 Å². The van der Waals surface area contributed by atoms with E-state index in [2.05, 4.69) is 22.0 Å². The Morgan fingerprint density at radius 2 is 2.32 bits per heavy atom. The average molecular weight is 266 g/mol. The summed E-state index contributed by atoms with van der Waals surface area (Å²) >= 11 is 0. The first kappa shape index (κ1) is 15.4. The number of oxime groups is 1. The van der Waals surface area contributed by atoms with E-state index in [1.807, 2.05) is 19.1 Å². The summed E-state index contributed by atoms with van der Waals surface area (Å²) < 4.78 is 5.36. The van der Waals surface area contributed by atoms with Crippen molar-refractivity contribution in [3.63, 3.8) is 0 Å². The third-order valence-corrected chi connectivity index (χ3v) is 2.84. The van der Waals surface area contributed by atoms with Crippen molar-refractivity contribution in [2.45, 2.75) is 20.4 Å². The van der Waals surface area contributed by atoms with Gasteiger partial charge in [-0.1, -0.05) is 18.1 Å². The highest BCUT2D eigenvalue weighted by molar-refractivity contribution is 5.96. The molecule has 0 aromatic carbocycles. The molecule has 0 fully saturated rings. The van der Waals surface area contributed by atoms with E-state index < -0.39 is 0 Å². The number of pyridine rings is 1. The van der Waals surface area contributed by atoms with Crippen LogP contribution in [0.15, 0.2) is 23.5 Å². The number of ether oxygens (including phenoxy) is 1. The largest absolute Gasteiger partial charge is 0.409 e. The summed E-state index contributed by atoms with van der Waals surface area (Å²) in [5, 5.41) is 11.8. The molecule has 6 nitrogen and oxygen atoms in total. The van der Waals surface area contributed by atoms with Gasteiger partial charge in [-0.25, -0.2) is 0 Å². The number of hydrogen-bond acceptors (Lipinski definition) is 5. The zero-order valence-corrected chi connectivity index (χ0v) is 11.5. The number of hydrogen-bond donors (Lipinski definition) is 2. The Morgan fingerprint density at radius 3 is 2.95 bits per heavy atom. The minimum atomic E-state index is 0.0384. The minimum absolute atomic E-state index is 0.0384. The fourth-order valence-corrected chi connectivity index (χ4v) is 1.77. The molecule has 0 bridgehead atoms. The van der Waals surface area contributed by atoms with Gasteiger partial charge in [-0.05, 0) is 25.1 Å². The summed E-state index contributed by atoms with van der Waals surface area (Å²) in [7, 11) is 0. The molecule has 3 N–H and O–H groups in total. The van der Waals surface area contributed by atoms with E-state index in [-0.39, 0.29) is 5.84 Å². The second kappa shape index (κ2) is 8.44. The van der Waals surface area contributed by atoms with Gasteiger partial charge < -0.3 is 15.7 Å². The first-order chi connectivity index (χ1) is 9.22. The smallest absolute Gasteiger partial charge is 0.189 e. The lowest BCUT2D eigenvalue weighted by Gasteiger charge is -2.21. The highest BCUT2D eigenvalue weighted by Crippen LogP contribution is 2.09. The molecular weight excluding hydrogens is 244 g/mol. The molecule has 0 spiro atoms. The SMILES string of the molecule is CCOCCN(CC)Cc1cccnc1C(N)=NO. The Bertz CT molecular complexity index is 409. The monoisotopic (exact) mass is 266 g/mol. The van der Waals surface area contributed by atoms with Crippen molar-refractivity contribution in [2.24, 2.45) is 10.9 Å². The predicted molar refractivity (Wildman–Crippen MR) is 74.2 cm³/mol. The molecule has 1 rings (SSSR count). The van der Waals surface area contributed by atoms with Crippen LogP contribution < -0.4 is 5.73 Å². The summed E-state index contributed by atoms with van der Waals surface area (Å²) in [6.07, 6.45) is 1.63. The summed E-state index contributed by atoms with van der Waals surface area (Å²) in [6.45, 7) is 7.93. The number of likely N-dealkylation sites (N-methyl/N-ethyl adjacent to an activating group) is 1. The van der Waals surface area contributed by atoms with Gasteiger partial charge in [-0.3, -0.25) is 9.88 Å². The first-order valence-electron chi connectivity index (χ1n) is 6.44. The molecule has 0 aliphatic heterocycles. The Morgan fingerprint density at radius 1 is 1.53 bits per heavy atom. The lowest BCUT2D eigenvalue weighted by Crippen LogP contribution is -2.29. The van der Waals surface area contributed by atoms with E-state index in [1.54, 1.807) is 6.20 Å². The zero-order valence-electron chi connectivity index (χ0n) is 11.5. The van der Waals surface area contributed by atoms with Crippen LogP contribution in [0.25, 0.3) is 0 Å². The van der Waals surface area contributed by atoms with Crippen molar-refractivity contribution in [3.05, 3.63) is 29.6 Å². The van der Waals surface area contributed by atoms with Crippen LogP contribution in [-0.2, 0) is 11.3 Å². The topological polar surface area (TPSA) is 84.0 Å². The summed E-state index contributed by atoms with van der Waals surface area (Å²) in [6, 6.07) is 3.78. The van der Waals surface area contributed by atoms with Crippen molar-refractivity contribution in [1.29, 1.82) is 0 Å². The predicted octanol–water partition coefficient (Wildman–Crippen LogP) is 1.03. The van der Waals surface area contributed by atoms with Gasteiger partial charge in [0.15, 0.2) is 5.84 Å². The molecule has 0 saturated heterocycles. The van der Waals surface area contributed by atoms with Gasteiger partial charge in [-0.2, -0.15) is 0 Å². The van der Waals surface area contributed by atoms with Crippen LogP contribution in [0.5, 0.6) is 0 Å². The summed E-state index contributed by atoms with van der Waals surface area (Å²) in [4.78, 5) is 6.38. The van der Waals surface area contributed by atoms with Crippen LogP contribution in [0.2, 0.25) is 0 Å². The third kappa shape index (κ3) is 4.84. The number of nitrogens with two attached hydrogens (primary N) is 1. The van der Waals surface area contributed by atoms with Crippen molar-refractivity contribution in [2.75, 3.05) is 26.3 Å². The molecular formula is C13H22N4O2. The lowest BCUT2D eigenvalue weighted by atomic mass is 10.1. The molecule has 0 aliphatic rings. The van der Waals surface area contributed by atoms with E-state index in [0.717, 1.165) is 25.3 Å². The fraction of sp³-hybridized carbons (Fsp3) is 0.538. The van der Waals surface area contributed by atoms with Gasteiger partial charge >= 0.3 is 0 Å². The Kier molecular flexibility index (Phi) is 6.84. The number of amidine groups is 1. The summed E-state index contributed by atoms with van der Waals surface area (Å²) in [5.41, 5.74) is 7.10. The zero-order chi connectivity index (χ0) is 14.1. The molecule has 6 heteroatoms. The molecule has 0 aliphatic carbocycles. The Balaban J connectivity index is 2.74. The normalized spacial score (nSPS) is 12.1. The van der Waals surface area contributed by atoms with Crippen molar-refractivity contribution in [1.82, 2.24) is 9.88 Å². The number of nitrogens with zero attached hydrogens (tertiary/aromatic N) is 3. The van der Waals surface area contributed by atoms with Crippen molar-refractivity contribution >= 4 is 5.84 Å². The quantitative estimate of drug-likeness (QED) is 0.241. The molecule has 19 heavy (non-hydrogen) atoms. The van der Waals surface area contributed by atoms with Gasteiger partial charge in [0.25, 0.3) is 0 Å². The molecule has 1 aromatic heterocycles. The molecule has 1 heterocycles. The van der Waals surface area contributed by atoms with Gasteiger partial charge in [0, 0.05) is 25.9 Å². The molecule has 106 valence electrons. The van der Waals surface area contributed by atoms with E-state index in [0.29, 0.717) is 18.8 Å². The highest BCUT2D eigenvalue weighted by Gasteiger charge is 2.11. The number of rotatable bonds is 8. The molecule has 0 radical (unpaired) electrons. The second-order valence-corrected chi connectivity index (χ2v) is 4.06. The van der Waals surface area contributed by atoms with Crippen molar-refractivity contribution < 1.29 is 9.94 Å². The van der Waals surface area contributed by atoms with Crippen LogP contribution in [0.1, 0.15) is 25.1 Å². The highest BCUT2D eigenvalue weighted by atomic mass is 16.5. The van der Waals surface area contributed by atoms with Gasteiger partial charge in [0.1, 0.15) is 5.69 Å². The fourth-order valence-electron chi connectivity index (χ4n) is 1.77. The maximum Gasteiger partial charge on any atom is 0.189 e. The average Bonchev–Trinajstić information content (AvgIpc) is 2.46. The van der Waals surface area contributed by atoms with Crippen LogP contribution in [0, 0.1) is 0 Å². The third-order valence-electron chi connectivity index (χ3n) is 2.84. The van der Waals surface area contributed by atoms with E-state index in [9.17, 15) is 0 Å². The standard InChI is InChI=1S/C13H22N4O2/c1-3-17(8-9-19-4-2)10-11-6-5-7-15-12(11)13(14)16-18/h5-7,18H,3-4,8-10H2,1-2H3,(H2,14,16). The van der Waals surface area contributed by atoms with E-state index in [4.69, 9.17) is 15.7 Å². The van der Waals surface area contributed by atoms with Crippen LogP contribution in [0.3, 0.4) is 0 Å². The van der Waals surface area contributed by atoms with Gasteiger partial charge in [0.05, 0.1) is 6.61 Å². The van der Waals surface area contributed by atoms with E-state index in [1.165, 1.54) is 0 Å². The van der Waals surface area contributed by atoms with Crippen LogP contribution >= 0.6 is 0 Å². The maximum absolute atomic E-state index is 8.77. The first-order valence-corrected chi connectivity index (χ1v) is 6.44. The maximum atomic E-state index is 8.77. The van der Waals surface area contributed by atoms with Crippen LogP contribution in [-0.4, -0.2) is 47.2 Å². The van der Waals surface area contributed by atoms with Crippen LogP contribution in [0.4, 0.5) is 0 Å².